The second kappa shape index (κ2) is 3.22. The molecule has 2 aromatic heterocycles. The molecule has 6 nitrogen and oxygen atoms in total. The summed E-state index contributed by atoms with van der Waals surface area (Å²) in [5, 5.41) is 7.75. The Balaban J connectivity index is 2.38. The molecular weight excluding hydrogens is 180 g/mol. The maximum atomic E-state index is 6.02. The minimum atomic E-state index is -0.282. The lowest BCUT2D eigenvalue weighted by Crippen LogP contribution is -2.19. The summed E-state index contributed by atoms with van der Waals surface area (Å²) in [6.07, 6.45) is 5.08. The topological polar surface area (TPSA) is 74.6 Å². The fourth-order valence-electron chi connectivity index (χ4n) is 1.37. The van der Waals surface area contributed by atoms with Crippen molar-refractivity contribution in [3.63, 3.8) is 0 Å². The summed E-state index contributed by atoms with van der Waals surface area (Å²) >= 11 is 0. The Bertz CT molecular complexity index is 388. The van der Waals surface area contributed by atoms with E-state index in [1.807, 2.05) is 18.7 Å². The molecule has 0 bridgehead atoms. The van der Waals surface area contributed by atoms with Crippen LogP contribution in [0.3, 0.4) is 0 Å². The normalized spacial score (nSPS) is 13.1. The molecule has 0 aromatic carbocycles. The Kier molecular flexibility index (Phi) is 2.05. The molecule has 0 radical (unpaired) electrons. The van der Waals surface area contributed by atoms with Crippen LogP contribution in [0.5, 0.6) is 0 Å². The summed E-state index contributed by atoms with van der Waals surface area (Å²) in [5.74, 6) is 0.730. The molecule has 1 atom stereocenters. The number of rotatable bonds is 2. The van der Waals surface area contributed by atoms with Gasteiger partial charge >= 0.3 is 0 Å². The van der Waals surface area contributed by atoms with Crippen LogP contribution in [0.15, 0.2) is 18.9 Å². The predicted octanol–water partition coefficient (Wildman–Crippen LogP) is -0.403. The molecule has 2 N–H and O–H groups in total. The van der Waals surface area contributed by atoms with E-state index in [0.29, 0.717) is 0 Å². The Hall–Kier alpha value is -1.69. The number of nitrogens with zero attached hydrogens (tertiary/aromatic N) is 5. The third kappa shape index (κ3) is 1.29. The van der Waals surface area contributed by atoms with Gasteiger partial charge in [0.1, 0.15) is 12.4 Å². The Morgan fingerprint density at radius 2 is 2.07 bits per heavy atom. The molecule has 0 saturated carbocycles. The van der Waals surface area contributed by atoms with Crippen molar-refractivity contribution in [1.82, 2.24) is 24.3 Å². The van der Waals surface area contributed by atoms with Crippen LogP contribution in [0.4, 0.5) is 0 Å². The first-order chi connectivity index (χ1) is 6.70. The standard InChI is InChI=1S/C8H12N6/c1-13-4-10-3-6(13)7(9)8-12-11-5-14(8)2/h3-5,7H,9H2,1-2H3. The van der Waals surface area contributed by atoms with Crippen LogP contribution >= 0.6 is 0 Å². The first-order valence-corrected chi connectivity index (χ1v) is 4.26. The van der Waals surface area contributed by atoms with Crippen molar-refractivity contribution in [3.8, 4) is 0 Å². The molecule has 6 heteroatoms. The average Bonchev–Trinajstić information content (AvgIpc) is 2.73. The molecule has 0 amide bonds. The van der Waals surface area contributed by atoms with Crippen LogP contribution in [0.25, 0.3) is 0 Å². The molecule has 0 aliphatic carbocycles. The summed E-state index contributed by atoms with van der Waals surface area (Å²) < 4.78 is 3.68. The van der Waals surface area contributed by atoms with Crippen LogP contribution in [0.2, 0.25) is 0 Å². The fraction of sp³-hybridized carbons (Fsp3) is 0.375. The van der Waals surface area contributed by atoms with Crippen molar-refractivity contribution in [1.29, 1.82) is 0 Å². The van der Waals surface area contributed by atoms with Crippen molar-refractivity contribution in [2.45, 2.75) is 6.04 Å². The first kappa shape index (κ1) is 8.89. The highest BCUT2D eigenvalue weighted by atomic mass is 15.3. The van der Waals surface area contributed by atoms with Gasteiger partial charge in [-0.25, -0.2) is 4.98 Å². The number of aryl methyl sites for hydroxylation is 2. The summed E-state index contributed by atoms with van der Waals surface area (Å²) in [4.78, 5) is 4.01. The van der Waals surface area contributed by atoms with Gasteiger partial charge in [0.15, 0.2) is 5.82 Å². The zero-order valence-corrected chi connectivity index (χ0v) is 8.12. The largest absolute Gasteiger partial charge is 0.336 e. The molecule has 2 rings (SSSR count). The summed E-state index contributed by atoms with van der Waals surface area (Å²) in [5.41, 5.74) is 6.94. The van der Waals surface area contributed by atoms with E-state index in [-0.39, 0.29) is 6.04 Å². The molecule has 0 aliphatic heterocycles. The molecule has 74 valence electrons. The van der Waals surface area contributed by atoms with E-state index in [0.717, 1.165) is 11.5 Å². The van der Waals surface area contributed by atoms with E-state index in [1.165, 1.54) is 0 Å². The SMILES string of the molecule is Cn1cncc1C(N)c1nncn1C. The van der Waals surface area contributed by atoms with E-state index in [9.17, 15) is 0 Å². The van der Waals surface area contributed by atoms with Crippen LogP contribution in [0, 0.1) is 0 Å². The molecule has 0 saturated heterocycles. The van der Waals surface area contributed by atoms with Crippen molar-refractivity contribution in [2.24, 2.45) is 19.8 Å². The Labute approximate surface area is 81.4 Å². The number of hydrogen-bond donors (Lipinski definition) is 1. The minimum absolute atomic E-state index is 0.282. The summed E-state index contributed by atoms with van der Waals surface area (Å²) in [6.45, 7) is 0. The van der Waals surface area contributed by atoms with Gasteiger partial charge in [-0.15, -0.1) is 10.2 Å². The predicted molar refractivity (Wildman–Crippen MR) is 50.2 cm³/mol. The lowest BCUT2D eigenvalue weighted by molar-refractivity contribution is 0.666. The number of hydrogen-bond acceptors (Lipinski definition) is 4. The van der Waals surface area contributed by atoms with E-state index in [4.69, 9.17) is 5.73 Å². The first-order valence-electron chi connectivity index (χ1n) is 4.26. The second-order valence-corrected chi connectivity index (χ2v) is 3.21. The molecule has 2 heterocycles. The zero-order chi connectivity index (χ0) is 10.1. The molecule has 0 spiro atoms. The van der Waals surface area contributed by atoms with E-state index < -0.39 is 0 Å². The summed E-state index contributed by atoms with van der Waals surface area (Å²) in [7, 11) is 3.77. The Morgan fingerprint density at radius 3 is 2.57 bits per heavy atom. The second-order valence-electron chi connectivity index (χ2n) is 3.21. The van der Waals surface area contributed by atoms with Gasteiger partial charge in [0.2, 0.25) is 0 Å². The van der Waals surface area contributed by atoms with E-state index >= 15 is 0 Å². The quantitative estimate of drug-likeness (QED) is 0.702. The van der Waals surface area contributed by atoms with Crippen molar-refractivity contribution < 1.29 is 0 Å². The van der Waals surface area contributed by atoms with Gasteiger partial charge < -0.3 is 14.9 Å². The van der Waals surface area contributed by atoms with Gasteiger partial charge in [-0.05, 0) is 0 Å². The van der Waals surface area contributed by atoms with Crippen LogP contribution < -0.4 is 5.73 Å². The van der Waals surface area contributed by atoms with Gasteiger partial charge in [0.25, 0.3) is 0 Å². The molecule has 1 unspecified atom stereocenters. The van der Waals surface area contributed by atoms with Crippen molar-refractivity contribution >= 4 is 0 Å². The smallest absolute Gasteiger partial charge is 0.155 e. The zero-order valence-electron chi connectivity index (χ0n) is 8.12. The maximum absolute atomic E-state index is 6.02. The highest BCUT2D eigenvalue weighted by Crippen LogP contribution is 2.14. The molecule has 0 fully saturated rings. The number of imidazole rings is 1. The van der Waals surface area contributed by atoms with Gasteiger partial charge in [-0.2, -0.15) is 0 Å². The third-order valence-corrected chi connectivity index (χ3v) is 2.20. The van der Waals surface area contributed by atoms with Gasteiger partial charge in [-0.3, -0.25) is 0 Å². The van der Waals surface area contributed by atoms with Crippen LogP contribution in [0.1, 0.15) is 17.6 Å². The summed E-state index contributed by atoms with van der Waals surface area (Å²) in [6, 6.07) is -0.282. The van der Waals surface area contributed by atoms with Crippen LogP contribution in [-0.2, 0) is 14.1 Å². The highest BCUT2D eigenvalue weighted by Gasteiger charge is 2.16. The van der Waals surface area contributed by atoms with Crippen molar-refractivity contribution in [3.05, 3.63) is 30.4 Å². The van der Waals surface area contributed by atoms with E-state index in [1.54, 1.807) is 23.4 Å². The van der Waals surface area contributed by atoms with Crippen molar-refractivity contribution in [2.75, 3.05) is 0 Å². The highest BCUT2D eigenvalue weighted by molar-refractivity contribution is 5.14. The maximum Gasteiger partial charge on any atom is 0.155 e. The molecule has 0 aliphatic rings. The molecule has 14 heavy (non-hydrogen) atoms. The average molecular weight is 192 g/mol. The number of nitrogens with two attached hydrogens (primary N) is 1. The van der Waals surface area contributed by atoms with Crippen LogP contribution in [-0.4, -0.2) is 24.3 Å². The van der Waals surface area contributed by atoms with Gasteiger partial charge in [-0.1, -0.05) is 0 Å². The minimum Gasteiger partial charge on any atom is -0.336 e. The monoisotopic (exact) mass is 192 g/mol. The molecule has 2 aromatic rings. The van der Waals surface area contributed by atoms with Gasteiger partial charge in [0, 0.05) is 14.1 Å². The molecular formula is C8H12N6. The lowest BCUT2D eigenvalue weighted by Gasteiger charge is -2.10. The fourth-order valence-corrected chi connectivity index (χ4v) is 1.37. The Morgan fingerprint density at radius 1 is 1.29 bits per heavy atom. The third-order valence-electron chi connectivity index (χ3n) is 2.20. The lowest BCUT2D eigenvalue weighted by atomic mass is 10.2. The number of aromatic nitrogens is 5. The van der Waals surface area contributed by atoms with E-state index in [2.05, 4.69) is 15.2 Å². The van der Waals surface area contributed by atoms with Gasteiger partial charge in [0.05, 0.1) is 18.2 Å².